The van der Waals surface area contributed by atoms with E-state index in [-0.39, 0.29) is 60.4 Å². The predicted molar refractivity (Wildman–Crippen MR) is 258 cm³/mol. The summed E-state index contributed by atoms with van der Waals surface area (Å²) in [5.41, 5.74) is 9.18. The van der Waals surface area contributed by atoms with E-state index in [0.29, 0.717) is 63.7 Å². The predicted octanol–water partition coefficient (Wildman–Crippen LogP) is 8.03. The largest absolute Gasteiger partial charge is 0.490 e. The Labute approximate surface area is 398 Å². The molecular formula is C56H63N5O7. The number of aliphatic hydroxyl groups is 2. The fourth-order valence-corrected chi connectivity index (χ4v) is 14.1. The summed E-state index contributed by atoms with van der Waals surface area (Å²) in [5.74, 6) is 0.0358. The highest BCUT2D eigenvalue weighted by atomic mass is 16.5. The maximum Gasteiger partial charge on any atom is 0.312 e. The highest BCUT2D eigenvalue weighted by Gasteiger charge is 2.49. The van der Waals surface area contributed by atoms with Gasteiger partial charge < -0.3 is 48.5 Å². The number of hydrogen-bond donors (Lipinski definition) is 3. The zero-order valence-electron chi connectivity index (χ0n) is 38.9. The first-order valence-corrected chi connectivity index (χ1v) is 25.3. The second-order valence-corrected chi connectivity index (χ2v) is 20.6. The van der Waals surface area contributed by atoms with E-state index in [1.165, 1.54) is 29.1 Å². The number of methoxy groups -OCH3 is 1. The summed E-state index contributed by atoms with van der Waals surface area (Å²) < 4.78 is 31.9. The van der Waals surface area contributed by atoms with E-state index in [2.05, 4.69) is 112 Å². The minimum absolute atomic E-state index is 0.0430. The van der Waals surface area contributed by atoms with Crippen molar-refractivity contribution in [2.75, 3.05) is 46.5 Å². The summed E-state index contributed by atoms with van der Waals surface area (Å²) in [6.07, 6.45) is 15.7. The van der Waals surface area contributed by atoms with Crippen molar-refractivity contribution in [3.05, 3.63) is 119 Å². The van der Waals surface area contributed by atoms with Crippen LogP contribution in [0.15, 0.2) is 91.0 Å². The highest BCUT2D eigenvalue weighted by molar-refractivity contribution is 5.89. The number of carbonyl (C=O) groups is 1. The minimum atomic E-state index is -0.597. The average molecular weight is 918 g/mol. The number of benzene rings is 3. The number of para-hydroxylation sites is 2. The molecule has 0 saturated heterocycles. The third kappa shape index (κ3) is 7.39. The van der Waals surface area contributed by atoms with Gasteiger partial charge in [0.2, 0.25) is 0 Å². The molecule has 7 aliphatic rings. The Hall–Kier alpha value is -5.42. The van der Waals surface area contributed by atoms with Crippen molar-refractivity contribution in [2.45, 2.75) is 88.4 Å². The molecule has 2 saturated carbocycles. The van der Waals surface area contributed by atoms with Gasteiger partial charge in [-0.05, 0) is 130 Å². The van der Waals surface area contributed by atoms with Gasteiger partial charge in [-0.3, -0.25) is 4.79 Å². The molecule has 0 radical (unpaired) electrons. The van der Waals surface area contributed by atoms with E-state index in [1.54, 1.807) is 0 Å². The number of nitrogens with zero attached hydrogens (tertiary/aromatic N) is 4. The molecule has 3 N–H and O–H groups in total. The lowest BCUT2D eigenvalue weighted by molar-refractivity contribution is -0.157. The Morgan fingerprint density at radius 1 is 0.882 bits per heavy atom. The minimum Gasteiger partial charge on any atom is -0.490 e. The number of fused-ring (bicyclic) bond motifs is 12. The number of nitriles is 1. The fourth-order valence-electron chi connectivity index (χ4n) is 14.1. The quantitative estimate of drug-likeness (QED) is 0.120. The number of aromatic nitrogens is 2. The van der Waals surface area contributed by atoms with Crippen molar-refractivity contribution in [3.63, 3.8) is 0 Å². The van der Waals surface area contributed by atoms with Crippen molar-refractivity contribution in [1.29, 1.82) is 5.26 Å². The van der Waals surface area contributed by atoms with Crippen LogP contribution < -0.4 is 10.1 Å². The van der Waals surface area contributed by atoms with E-state index >= 15 is 0 Å². The lowest BCUT2D eigenvalue weighted by Gasteiger charge is -2.44. The second-order valence-electron chi connectivity index (χ2n) is 20.6. The highest BCUT2D eigenvalue weighted by Crippen LogP contribution is 2.51. The van der Waals surface area contributed by atoms with E-state index in [1.807, 2.05) is 4.90 Å². The first kappa shape index (κ1) is 43.8. The van der Waals surface area contributed by atoms with Gasteiger partial charge in [0.25, 0.3) is 0 Å². The monoisotopic (exact) mass is 917 g/mol. The number of hydrogen-bond acceptors (Lipinski definition) is 10. The Morgan fingerprint density at radius 2 is 1.69 bits per heavy atom. The van der Waals surface area contributed by atoms with Crippen LogP contribution in [0, 0.1) is 52.9 Å². The molecule has 3 aliphatic carbocycles. The van der Waals surface area contributed by atoms with E-state index in [9.17, 15) is 20.3 Å². The van der Waals surface area contributed by atoms with Gasteiger partial charge in [-0.25, -0.2) is 0 Å². The van der Waals surface area contributed by atoms with Gasteiger partial charge in [-0.1, -0.05) is 60.7 Å². The Kier molecular flexibility index (Phi) is 11.7. The SMILES string of the molecule is COC(=O)[C@@H]1C2CC3OCC4C=CC=CC4n4c3c(c3ccccc34)CCN(C#N)C[C@@H]2CC[C@@H]1Oc1ccc2c(c1)c1c3n2-c2ccccc2COC3CC2[C@@H](CC[C@H](O)[C@@H]2CO)CNCC1. The summed E-state index contributed by atoms with van der Waals surface area (Å²) in [6.45, 7) is 3.74. The molecule has 12 atom stereocenters. The standard InChI is InChI=1S/C56H63N5O7/c1-65-56(64)53-42-26-52-55-40(38-10-4-7-13-47(38)60(55)45-11-5-2-8-35(45)31-67-52)21-23-59(32-57)28-34(42)15-19-50(53)68-37-16-17-48-43(24-37)39-20-22-58-27-33-14-18-49(63)44(29-62)41(33)25-51-54(39)61(48)46-12-6-3-9-36(46)30-66-51/h2-13,16-17,24,33-35,41-42,44-45,49-53,58,62-63H,14-15,18-23,25-31H2,1H3/t33-,34-,35?,41?,42?,44+,45?,49-,50-,51?,52?,53+/m0/s1. The normalized spacial score (nSPS) is 32.2. The van der Waals surface area contributed by atoms with E-state index in [4.69, 9.17) is 18.9 Å². The number of ether oxygens (including phenoxy) is 4. The number of carbonyl (C=O) groups excluding carboxylic acids is 1. The topological polar surface area (TPSA) is 143 Å². The van der Waals surface area contributed by atoms with Crippen LogP contribution in [0.25, 0.3) is 27.5 Å². The maximum absolute atomic E-state index is 14.5. The van der Waals surface area contributed by atoms with Crippen LogP contribution in [-0.2, 0) is 38.5 Å². The molecule has 6 heterocycles. The zero-order valence-corrected chi connectivity index (χ0v) is 38.9. The van der Waals surface area contributed by atoms with E-state index in [0.717, 1.165) is 72.3 Å². The molecule has 354 valence electrons. The molecule has 12 heteroatoms. The molecule has 2 fully saturated rings. The Morgan fingerprint density at radius 3 is 2.57 bits per heavy atom. The molecule has 6 unspecified atom stereocenters. The number of rotatable bonds is 4. The summed E-state index contributed by atoms with van der Waals surface area (Å²) in [4.78, 5) is 16.4. The van der Waals surface area contributed by atoms with Crippen LogP contribution in [0.2, 0.25) is 0 Å². The molecule has 3 aromatic carbocycles. The van der Waals surface area contributed by atoms with Gasteiger partial charge in [0.05, 0.1) is 73.2 Å². The van der Waals surface area contributed by atoms with Gasteiger partial charge >= 0.3 is 5.97 Å². The van der Waals surface area contributed by atoms with Crippen molar-refractivity contribution in [2.24, 2.45) is 41.4 Å². The third-order valence-electron chi connectivity index (χ3n) is 17.3. The number of allylic oxidation sites excluding steroid dienone is 3. The smallest absolute Gasteiger partial charge is 0.312 e. The maximum atomic E-state index is 14.5. The first-order chi connectivity index (χ1) is 33.4. The first-order valence-electron chi connectivity index (χ1n) is 25.3. The lowest BCUT2D eigenvalue weighted by Crippen LogP contribution is -2.49. The fraction of sp³-hybridized carbons (Fsp3) is 0.500. The summed E-state index contributed by atoms with van der Waals surface area (Å²) in [6, 6.07) is 23.6. The van der Waals surface area contributed by atoms with Crippen LogP contribution in [0.4, 0.5) is 0 Å². The van der Waals surface area contributed by atoms with Crippen molar-refractivity contribution in [3.8, 4) is 17.6 Å². The van der Waals surface area contributed by atoms with Crippen LogP contribution in [0.1, 0.15) is 84.9 Å². The summed E-state index contributed by atoms with van der Waals surface area (Å²) >= 11 is 0. The Balaban J connectivity index is 0.936. The molecule has 0 amide bonds. The molecule has 12 nitrogen and oxygen atoms in total. The van der Waals surface area contributed by atoms with Gasteiger partial charge in [0, 0.05) is 53.4 Å². The molecule has 4 aliphatic heterocycles. The van der Waals surface area contributed by atoms with Crippen LogP contribution in [0.5, 0.6) is 5.75 Å². The van der Waals surface area contributed by atoms with Crippen molar-refractivity contribution in [1.82, 2.24) is 19.4 Å². The molecule has 68 heavy (non-hydrogen) atoms. The third-order valence-corrected chi connectivity index (χ3v) is 17.3. The van der Waals surface area contributed by atoms with Crippen LogP contribution in [-0.4, -0.2) is 88.9 Å². The van der Waals surface area contributed by atoms with Crippen LogP contribution in [0.3, 0.4) is 0 Å². The number of nitrogens with one attached hydrogen (secondary N) is 1. The molecule has 0 bridgehead atoms. The van der Waals surface area contributed by atoms with Gasteiger partial charge in [0.1, 0.15) is 11.9 Å². The summed E-state index contributed by atoms with van der Waals surface area (Å²) in [7, 11) is 1.48. The molecule has 0 spiro atoms. The second kappa shape index (κ2) is 18.2. The molecular weight excluding hydrogens is 855 g/mol. The van der Waals surface area contributed by atoms with E-state index < -0.39 is 18.1 Å². The Bertz CT molecular complexity index is 2820. The van der Waals surface area contributed by atoms with Gasteiger partial charge in [0.15, 0.2) is 6.19 Å². The summed E-state index contributed by atoms with van der Waals surface area (Å²) in [5, 5.41) is 38.5. The average Bonchev–Trinajstić information content (AvgIpc) is 3.73. The molecule has 5 aromatic rings. The van der Waals surface area contributed by atoms with Crippen molar-refractivity contribution >= 4 is 27.8 Å². The van der Waals surface area contributed by atoms with Crippen molar-refractivity contribution < 1.29 is 34.0 Å². The lowest BCUT2D eigenvalue weighted by atomic mass is 9.67. The molecule has 2 aromatic heterocycles. The van der Waals surface area contributed by atoms with Gasteiger partial charge in [-0.15, -0.1) is 0 Å². The molecule has 12 rings (SSSR count). The van der Waals surface area contributed by atoms with Gasteiger partial charge in [-0.2, -0.15) is 5.26 Å². The van der Waals surface area contributed by atoms with Crippen LogP contribution >= 0.6 is 0 Å². The zero-order chi connectivity index (χ0) is 46.0. The number of aliphatic hydroxyl groups excluding tert-OH is 2. The number of esters is 1.